The van der Waals surface area contributed by atoms with Gasteiger partial charge < -0.3 is 9.47 Å². The monoisotopic (exact) mass is 346 g/mol. The molecular formula is C21H30O4. The number of carbonyl (C=O) groups is 2. The highest BCUT2D eigenvalue weighted by atomic mass is 16.5. The number of hydrogen-bond donors (Lipinski definition) is 0. The third kappa shape index (κ3) is 3.78. The summed E-state index contributed by atoms with van der Waals surface area (Å²) in [4.78, 5) is 25.3. The van der Waals surface area contributed by atoms with E-state index in [0.717, 1.165) is 69.8 Å². The Morgan fingerprint density at radius 1 is 0.800 bits per heavy atom. The third-order valence-corrected chi connectivity index (χ3v) is 6.61. The second-order valence-corrected chi connectivity index (χ2v) is 8.43. The van der Waals surface area contributed by atoms with Gasteiger partial charge in [-0.2, -0.15) is 0 Å². The predicted molar refractivity (Wildman–Crippen MR) is 93.7 cm³/mol. The van der Waals surface area contributed by atoms with Gasteiger partial charge in [0.1, 0.15) is 12.2 Å². The standard InChI is InChI=1S/C21H30O4/c22-20(24-15-7-3-1-4-8-15)18-12-14-11-17(18)19(13-14)21(23)25-16-9-5-2-6-10-16/h12,14-17,19H,1-11,13H2. The number of fused-ring (bicyclic) bond motifs is 2. The van der Waals surface area contributed by atoms with Crippen LogP contribution in [0.3, 0.4) is 0 Å². The lowest BCUT2D eigenvalue weighted by Crippen LogP contribution is -2.32. The minimum atomic E-state index is -0.172. The summed E-state index contributed by atoms with van der Waals surface area (Å²) < 4.78 is 11.5. The molecule has 138 valence electrons. The van der Waals surface area contributed by atoms with E-state index in [-0.39, 0.29) is 36.0 Å². The molecule has 3 atom stereocenters. The number of ether oxygens (including phenoxy) is 2. The lowest BCUT2D eigenvalue weighted by Gasteiger charge is -2.27. The van der Waals surface area contributed by atoms with Gasteiger partial charge in [0.2, 0.25) is 0 Å². The maximum Gasteiger partial charge on any atom is 0.334 e. The Balaban J connectivity index is 1.34. The Bertz CT molecular complexity index is 540. The van der Waals surface area contributed by atoms with E-state index in [4.69, 9.17) is 9.47 Å². The van der Waals surface area contributed by atoms with Crippen LogP contribution in [-0.2, 0) is 19.1 Å². The molecule has 0 amide bonds. The first-order chi connectivity index (χ1) is 12.2. The molecule has 2 bridgehead atoms. The molecule has 4 heteroatoms. The smallest absolute Gasteiger partial charge is 0.334 e. The SMILES string of the molecule is O=C(OC1CCCCC1)C1=CC2CC(C(=O)OC3CCCCC3)C1C2. The first-order valence-corrected chi connectivity index (χ1v) is 10.3. The molecular weight excluding hydrogens is 316 g/mol. The Morgan fingerprint density at radius 2 is 1.40 bits per heavy atom. The summed E-state index contributed by atoms with van der Waals surface area (Å²) in [6.07, 6.45) is 15.1. The summed E-state index contributed by atoms with van der Waals surface area (Å²) in [5, 5.41) is 0. The van der Waals surface area contributed by atoms with Crippen molar-refractivity contribution in [3.05, 3.63) is 11.6 Å². The number of hydrogen-bond acceptors (Lipinski definition) is 4. The van der Waals surface area contributed by atoms with E-state index in [1.807, 2.05) is 0 Å². The molecule has 4 aliphatic rings. The zero-order valence-corrected chi connectivity index (χ0v) is 15.1. The molecule has 0 aromatic carbocycles. The summed E-state index contributed by atoms with van der Waals surface area (Å²) in [5.41, 5.74) is 0.757. The number of allylic oxidation sites excluding steroid dienone is 1. The summed E-state index contributed by atoms with van der Waals surface area (Å²) in [6, 6.07) is 0. The van der Waals surface area contributed by atoms with Crippen LogP contribution < -0.4 is 0 Å². The van der Waals surface area contributed by atoms with E-state index in [2.05, 4.69) is 6.08 Å². The van der Waals surface area contributed by atoms with Crippen LogP contribution in [0.1, 0.15) is 77.0 Å². The van der Waals surface area contributed by atoms with E-state index >= 15 is 0 Å². The van der Waals surface area contributed by atoms with Gasteiger partial charge in [0.15, 0.2) is 0 Å². The van der Waals surface area contributed by atoms with Crippen LogP contribution in [0.2, 0.25) is 0 Å². The van der Waals surface area contributed by atoms with Crippen LogP contribution in [0.4, 0.5) is 0 Å². The molecule has 3 fully saturated rings. The van der Waals surface area contributed by atoms with Gasteiger partial charge >= 0.3 is 11.9 Å². The molecule has 0 N–H and O–H groups in total. The highest BCUT2D eigenvalue weighted by Gasteiger charge is 2.48. The van der Waals surface area contributed by atoms with Gasteiger partial charge in [-0.1, -0.05) is 18.9 Å². The fourth-order valence-electron chi connectivity index (χ4n) is 5.25. The van der Waals surface area contributed by atoms with Crippen LogP contribution >= 0.6 is 0 Å². The van der Waals surface area contributed by atoms with Gasteiger partial charge in [-0.15, -0.1) is 0 Å². The first-order valence-electron chi connectivity index (χ1n) is 10.3. The highest BCUT2D eigenvalue weighted by molar-refractivity contribution is 5.92. The van der Waals surface area contributed by atoms with Gasteiger partial charge in [-0.3, -0.25) is 4.79 Å². The third-order valence-electron chi connectivity index (χ3n) is 6.61. The van der Waals surface area contributed by atoms with Crippen LogP contribution in [0.15, 0.2) is 11.6 Å². The molecule has 3 unspecified atom stereocenters. The van der Waals surface area contributed by atoms with E-state index in [9.17, 15) is 9.59 Å². The van der Waals surface area contributed by atoms with Crippen LogP contribution in [-0.4, -0.2) is 24.1 Å². The molecule has 0 saturated heterocycles. The summed E-state index contributed by atoms with van der Waals surface area (Å²) in [5.74, 6) is -0.00384. The summed E-state index contributed by atoms with van der Waals surface area (Å²) >= 11 is 0. The van der Waals surface area contributed by atoms with E-state index in [1.54, 1.807) is 0 Å². The van der Waals surface area contributed by atoms with E-state index in [0.29, 0.717) is 5.92 Å². The van der Waals surface area contributed by atoms with Crippen LogP contribution in [0, 0.1) is 17.8 Å². The Morgan fingerprint density at radius 3 is 2.00 bits per heavy atom. The zero-order chi connectivity index (χ0) is 17.2. The van der Waals surface area contributed by atoms with Crippen molar-refractivity contribution in [3.8, 4) is 0 Å². The van der Waals surface area contributed by atoms with Gasteiger partial charge in [-0.05, 0) is 70.1 Å². The zero-order valence-electron chi connectivity index (χ0n) is 15.1. The second-order valence-electron chi connectivity index (χ2n) is 8.43. The minimum absolute atomic E-state index is 0.0252. The first kappa shape index (κ1) is 17.1. The van der Waals surface area contributed by atoms with Gasteiger partial charge in [0.05, 0.1) is 5.92 Å². The Hall–Kier alpha value is -1.32. The molecule has 0 aliphatic heterocycles. The largest absolute Gasteiger partial charge is 0.462 e. The highest BCUT2D eigenvalue weighted by Crippen LogP contribution is 2.49. The summed E-state index contributed by atoms with van der Waals surface area (Å²) in [7, 11) is 0. The fraction of sp³-hybridized carbons (Fsp3) is 0.810. The topological polar surface area (TPSA) is 52.6 Å². The molecule has 3 saturated carbocycles. The lowest BCUT2D eigenvalue weighted by atomic mass is 9.87. The van der Waals surface area contributed by atoms with Crippen molar-refractivity contribution in [2.24, 2.45) is 17.8 Å². The van der Waals surface area contributed by atoms with Gasteiger partial charge in [-0.25, -0.2) is 4.79 Å². The molecule has 0 aromatic rings. The number of rotatable bonds is 4. The minimum Gasteiger partial charge on any atom is -0.462 e. The average molecular weight is 346 g/mol. The lowest BCUT2D eigenvalue weighted by molar-refractivity contribution is -0.157. The molecule has 4 aliphatic carbocycles. The molecule has 4 nitrogen and oxygen atoms in total. The van der Waals surface area contributed by atoms with E-state index < -0.39 is 0 Å². The average Bonchev–Trinajstić information content (AvgIpc) is 3.24. The molecule has 0 aromatic heterocycles. The van der Waals surface area contributed by atoms with Crippen molar-refractivity contribution in [1.29, 1.82) is 0 Å². The molecule has 0 heterocycles. The molecule has 4 rings (SSSR count). The van der Waals surface area contributed by atoms with Crippen molar-refractivity contribution in [2.45, 2.75) is 89.3 Å². The Labute approximate surface area is 150 Å². The van der Waals surface area contributed by atoms with Crippen molar-refractivity contribution in [3.63, 3.8) is 0 Å². The van der Waals surface area contributed by atoms with Crippen LogP contribution in [0.5, 0.6) is 0 Å². The van der Waals surface area contributed by atoms with Crippen LogP contribution in [0.25, 0.3) is 0 Å². The van der Waals surface area contributed by atoms with Crippen molar-refractivity contribution in [1.82, 2.24) is 0 Å². The molecule has 25 heavy (non-hydrogen) atoms. The quantitative estimate of drug-likeness (QED) is 0.711. The Kier molecular flexibility index (Phi) is 5.14. The maximum absolute atomic E-state index is 12.7. The van der Waals surface area contributed by atoms with Crippen molar-refractivity contribution in [2.75, 3.05) is 0 Å². The van der Waals surface area contributed by atoms with Gasteiger partial charge in [0, 0.05) is 11.5 Å². The van der Waals surface area contributed by atoms with Gasteiger partial charge in [0.25, 0.3) is 0 Å². The van der Waals surface area contributed by atoms with E-state index in [1.165, 1.54) is 12.8 Å². The van der Waals surface area contributed by atoms with Crippen molar-refractivity contribution < 1.29 is 19.1 Å². The van der Waals surface area contributed by atoms with Crippen molar-refractivity contribution >= 4 is 11.9 Å². The summed E-state index contributed by atoms with van der Waals surface area (Å²) in [6.45, 7) is 0. The molecule has 0 radical (unpaired) electrons. The number of esters is 2. The number of carbonyl (C=O) groups excluding carboxylic acids is 2. The fourth-order valence-corrected chi connectivity index (χ4v) is 5.25. The predicted octanol–water partition coefficient (Wildman–Crippen LogP) is 4.32. The normalized spacial score (nSPS) is 33.1. The second kappa shape index (κ2) is 7.51. The maximum atomic E-state index is 12.7. The molecule has 0 spiro atoms.